The van der Waals surface area contributed by atoms with Crippen LogP contribution in [0, 0.1) is 0 Å². The topological polar surface area (TPSA) is 105 Å². The molecule has 0 aliphatic rings. The minimum absolute atomic E-state index is 0.0269. The van der Waals surface area contributed by atoms with E-state index in [-0.39, 0.29) is 13.2 Å². The number of hydrogen-bond acceptors (Lipinski definition) is 7. The molecule has 2 aromatic rings. The van der Waals surface area contributed by atoms with Crippen LogP contribution in [-0.4, -0.2) is 40.2 Å². The predicted molar refractivity (Wildman–Crippen MR) is 104 cm³/mol. The summed E-state index contributed by atoms with van der Waals surface area (Å²) in [7, 11) is -4.06. The lowest BCUT2D eigenvalue weighted by atomic mass is 10.1. The van der Waals surface area contributed by atoms with Gasteiger partial charge in [0.05, 0.1) is 19.8 Å². The summed E-state index contributed by atoms with van der Waals surface area (Å²) in [6.07, 6.45) is -3.34. The van der Waals surface area contributed by atoms with E-state index in [1.54, 1.807) is 24.3 Å². The Labute approximate surface area is 164 Å². The zero-order valence-electron chi connectivity index (χ0n) is 15.3. The van der Waals surface area contributed by atoms with Gasteiger partial charge in [0.25, 0.3) is 0 Å². The molecule has 0 bridgehead atoms. The molecule has 0 amide bonds. The van der Waals surface area contributed by atoms with E-state index in [2.05, 4.69) is 6.58 Å². The van der Waals surface area contributed by atoms with E-state index in [1.165, 1.54) is 0 Å². The van der Waals surface area contributed by atoms with Gasteiger partial charge in [-0.25, -0.2) is 4.57 Å². The maximum atomic E-state index is 13.0. The van der Waals surface area contributed by atoms with Gasteiger partial charge in [0, 0.05) is 0 Å². The number of aliphatic hydroxyl groups excluding tert-OH is 3. The summed E-state index contributed by atoms with van der Waals surface area (Å²) in [6.45, 7) is 2.72. The molecule has 0 aromatic heterocycles. The highest BCUT2D eigenvalue weighted by Crippen LogP contribution is 2.51. The summed E-state index contributed by atoms with van der Waals surface area (Å²) < 4.78 is 29.0. The van der Waals surface area contributed by atoms with Crippen molar-refractivity contribution in [1.29, 1.82) is 0 Å². The van der Waals surface area contributed by atoms with Gasteiger partial charge in [-0.1, -0.05) is 66.7 Å². The van der Waals surface area contributed by atoms with Gasteiger partial charge in [-0.05, 0) is 11.1 Å². The third kappa shape index (κ3) is 7.30. The minimum atomic E-state index is -4.06. The number of rotatable bonds is 12. The van der Waals surface area contributed by atoms with Crippen LogP contribution in [0.2, 0.25) is 0 Å². The first-order chi connectivity index (χ1) is 13.4. The number of hydrogen-bond donors (Lipinski definition) is 3. The van der Waals surface area contributed by atoms with Crippen LogP contribution < -0.4 is 0 Å². The summed E-state index contributed by atoms with van der Waals surface area (Å²) >= 11 is 0. The van der Waals surface area contributed by atoms with Crippen molar-refractivity contribution in [3.63, 3.8) is 0 Å². The van der Waals surface area contributed by atoms with E-state index in [0.717, 1.165) is 17.2 Å². The van der Waals surface area contributed by atoms with Crippen molar-refractivity contribution in [2.75, 3.05) is 6.61 Å². The first kappa shape index (κ1) is 22.5. The number of phosphoric ester groups is 1. The molecule has 0 saturated carbocycles. The van der Waals surface area contributed by atoms with Crippen molar-refractivity contribution < 1.29 is 33.5 Å². The van der Waals surface area contributed by atoms with Crippen LogP contribution in [0.4, 0.5) is 0 Å². The molecule has 8 heteroatoms. The van der Waals surface area contributed by atoms with Gasteiger partial charge in [0.1, 0.15) is 18.3 Å². The summed E-state index contributed by atoms with van der Waals surface area (Å²) in [5.41, 5.74) is 1.52. The van der Waals surface area contributed by atoms with E-state index in [4.69, 9.17) is 13.6 Å². The lowest BCUT2D eigenvalue weighted by Crippen LogP contribution is -2.38. The summed E-state index contributed by atoms with van der Waals surface area (Å²) in [5, 5.41) is 29.2. The highest BCUT2D eigenvalue weighted by molar-refractivity contribution is 7.48. The van der Waals surface area contributed by atoms with E-state index < -0.39 is 32.7 Å². The van der Waals surface area contributed by atoms with Crippen LogP contribution in [-0.2, 0) is 31.4 Å². The van der Waals surface area contributed by atoms with Crippen molar-refractivity contribution in [3.05, 3.63) is 84.4 Å². The van der Waals surface area contributed by atoms with Crippen molar-refractivity contribution in [2.24, 2.45) is 0 Å². The molecule has 0 aliphatic heterocycles. The van der Waals surface area contributed by atoms with Gasteiger partial charge in [-0.3, -0.25) is 13.6 Å². The standard InChI is InChI=1S/C20H25O7P/c1-2-18(21)20(23)19(22)15-27-28(24,25-13-16-9-5-3-6-10-16)26-14-17-11-7-4-8-12-17/h2-12,18-23H,1,13-15H2/t18-,19-,20+/m1/s1. The van der Waals surface area contributed by atoms with Gasteiger partial charge < -0.3 is 15.3 Å². The molecule has 0 heterocycles. The molecule has 3 N–H and O–H groups in total. The Balaban J connectivity index is 2.01. The molecule has 7 nitrogen and oxygen atoms in total. The molecule has 0 unspecified atom stereocenters. The third-order valence-corrected chi connectivity index (χ3v) is 5.21. The molecule has 0 saturated heterocycles. The fourth-order valence-electron chi connectivity index (χ4n) is 2.20. The monoisotopic (exact) mass is 408 g/mol. The fourth-order valence-corrected chi connectivity index (χ4v) is 3.37. The van der Waals surface area contributed by atoms with Gasteiger partial charge in [-0.15, -0.1) is 6.58 Å². The lowest BCUT2D eigenvalue weighted by Gasteiger charge is -2.23. The Hall–Kier alpha value is -1.83. The molecular weight excluding hydrogens is 383 g/mol. The van der Waals surface area contributed by atoms with Crippen molar-refractivity contribution in [3.8, 4) is 0 Å². The maximum Gasteiger partial charge on any atom is 0.475 e. The van der Waals surface area contributed by atoms with Crippen LogP contribution in [0.15, 0.2) is 73.3 Å². The van der Waals surface area contributed by atoms with E-state index in [1.807, 2.05) is 36.4 Å². The van der Waals surface area contributed by atoms with E-state index >= 15 is 0 Å². The molecule has 0 fully saturated rings. The first-order valence-corrected chi connectivity index (χ1v) is 10.2. The number of benzene rings is 2. The Morgan fingerprint density at radius 2 is 1.32 bits per heavy atom. The Morgan fingerprint density at radius 1 is 0.857 bits per heavy atom. The SMILES string of the molecule is C=C[C@@H](O)[C@H](O)[C@H](O)COP(=O)(OCc1ccccc1)OCc1ccccc1. The highest BCUT2D eigenvalue weighted by Gasteiger charge is 2.31. The smallest absolute Gasteiger partial charge is 0.388 e. The average Bonchev–Trinajstić information content (AvgIpc) is 2.75. The number of phosphoric acid groups is 1. The van der Waals surface area contributed by atoms with Crippen molar-refractivity contribution in [1.82, 2.24) is 0 Å². The Kier molecular flexibility index (Phi) is 9.02. The normalized spacial score (nSPS) is 15.0. The van der Waals surface area contributed by atoms with Crippen LogP contribution in [0.5, 0.6) is 0 Å². The molecule has 0 radical (unpaired) electrons. The van der Waals surface area contributed by atoms with Crippen LogP contribution in [0.25, 0.3) is 0 Å². The average molecular weight is 408 g/mol. The molecule has 2 rings (SSSR count). The lowest BCUT2D eigenvalue weighted by molar-refractivity contribution is -0.0627. The van der Waals surface area contributed by atoms with Crippen LogP contribution >= 0.6 is 7.82 Å². The zero-order valence-corrected chi connectivity index (χ0v) is 16.2. The largest absolute Gasteiger partial charge is 0.475 e. The van der Waals surface area contributed by atoms with Crippen LogP contribution in [0.3, 0.4) is 0 Å². The van der Waals surface area contributed by atoms with Gasteiger partial charge in [0.15, 0.2) is 0 Å². The Morgan fingerprint density at radius 3 is 1.75 bits per heavy atom. The highest BCUT2D eigenvalue weighted by atomic mass is 31.2. The summed E-state index contributed by atoms with van der Waals surface area (Å²) in [6, 6.07) is 18.1. The first-order valence-electron chi connectivity index (χ1n) is 8.72. The summed E-state index contributed by atoms with van der Waals surface area (Å²) in [5.74, 6) is 0. The molecule has 28 heavy (non-hydrogen) atoms. The van der Waals surface area contributed by atoms with Gasteiger partial charge >= 0.3 is 7.82 Å². The molecule has 0 spiro atoms. The van der Waals surface area contributed by atoms with Crippen molar-refractivity contribution in [2.45, 2.75) is 31.5 Å². The third-order valence-electron chi connectivity index (χ3n) is 3.85. The predicted octanol–water partition coefficient (Wildman–Crippen LogP) is 2.81. The van der Waals surface area contributed by atoms with Crippen LogP contribution in [0.1, 0.15) is 11.1 Å². The molecule has 152 valence electrons. The number of aliphatic hydroxyl groups is 3. The second kappa shape index (κ2) is 11.2. The van der Waals surface area contributed by atoms with Gasteiger partial charge in [-0.2, -0.15) is 0 Å². The van der Waals surface area contributed by atoms with Gasteiger partial charge in [0.2, 0.25) is 0 Å². The molecule has 2 aromatic carbocycles. The molecular formula is C20H25O7P. The Bertz CT molecular complexity index is 706. The second-order valence-electron chi connectivity index (χ2n) is 6.05. The maximum absolute atomic E-state index is 13.0. The van der Waals surface area contributed by atoms with Crippen molar-refractivity contribution >= 4 is 7.82 Å². The van der Waals surface area contributed by atoms with E-state index in [0.29, 0.717) is 0 Å². The van der Waals surface area contributed by atoms with E-state index in [9.17, 15) is 19.9 Å². The summed E-state index contributed by atoms with van der Waals surface area (Å²) in [4.78, 5) is 0. The zero-order chi connectivity index (χ0) is 20.4. The molecule has 3 atom stereocenters. The fraction of sp³-hybridized carbons (Fsp3) is 0.300. The molecule has 0 aliphatic carbocycles. The minimum Gasteiger partial charge on any atom is -0.388 e. The second-order valence-corrected chi connectivity index (χ2v) is 7.71. The quantitative estimate of drug-likeness (QED) is 0.366.